The Balaban J connectivity index is 2.42. The quantitative estimate of drug-likeness (QED) is 0.827. The molecule has 0 aliphatic carbocycles. The van der Waals surface area contributed by atoms with E-state index in [1.54, 1.807) is 32.2 Å². The number of benzene rings is 1. The second kappa shape index (κ2) is 6.23. The van der Waals surface area contributed by atoms with E-state index in [1.165, 1.54) is 4.90 Å². The number of ether oxygens (including phenoxy) is 2. The average Bonchev–Trinajstić information content (AvgIpc) is 2.77. The third-order valence-electron chi connectivity index (χ3n) is 4.17. The van der Waals surface area contributed by atoms with Crippen molar-refractivity contribution in [3.8, 4) is 5.75 Å². The van der Waals surface area contributed by atoms with Crippen LogP contribution in [0.25, 0.3) is 0 Å². The maximum atomic E-state index is 12.4. The molecule has 1 N–H and O–H groups in total. The van der Waals surface area contributed by atoms with Gasteiger partial charge in [-0.1, -0.05) is 0 Å². The lowest BCUT2D eigenvalue weighted by Gasteiger charge is -2.27. The Morgan fingerprint density at radius 3 is 2.54 bits per heavy atom. The maximum absolute atomic E-state index is 12.4. The fourth-order valence-electron chi connectivity index (χ4n) is 2.72. The van der Waals surface area contributed by atoms with Gasteiger partial charge in [0.1, 0.15) is 5.75 Å². The number of amides is 2. The van der Waals surface area contributed by atoms with Crippen molar-refractivity contribution in [3.05, 3.63) is 23.8 Å². The minimum absolute atomic E-state index is 0.229. The van der Waals surface area contributed by atoms with Gasteiger partial charge in [-0.05, 0) is 39.0 Å². The number of anilines is 1. The van der Waals surface area contributed by atoms with Crippen molar-refractivity contribution in [2.24, 2.45) is 0 Å². The van der Waals surface area contributed by atoms with Crippen LogP contribution in [0.15, 0.2) is 18.2 Å². The van der Waals surface area contributed by atoms with Crippen molar-refractivity contribution in [1.82, 2.24) is 4.31 Å². The van der Waals surface area contributed by atoms with Gasteiger partial charge >= 0.3 is 16.3 Å². The Hall–Kier alpha value is -1.84. The number of nitrogens with zero attached hydrogens (tertiary/aromatic N) is 2. The molecule has 1 atom stereocenters. The first-order valence-electron chi connectivity index (χ1n) is 7.40. The van der Waals surface area contributed by atoms with Crippen LogP contribution in [0.3, 0.4) is 0 Å². The molecule has 24 heavy (non-hydrogen) atoms. The number of urea groups is 1. The third-order valence-corrected chi connectivity index (χ3v) is 5.02. The van der Waals surface area contributed by atoms with Gasteiger partial charge in [0.15, 0.2) is 0 Å². The zero-order chi connectivity index (χ0) is 18.3. The highest BCUT2D eigenvalue weighted by Gasteiger charge is 2.42. The summed E-state index contributed by atoms with van der Waals surface area (Å²) >= 11 is 0. The molecule has 1 aliphatic rings. The number of hydrogen-bond acceptors (Lipinski definition) is 5. The molecule has 1 unspecified atom stereocenters. The Morgan fingerprint density at radius 2 is 2.04 bits per heavy atom. The van der Waals surface area contributed by atoms with Gasteiger partial charge in [-0.3, -0.25) is 9.45 Å². The molecule has 2 rings (SSSR count). The second-order valence-electron chi connectivity index (χ2n) is 6.06. The van der Waals surface area contributed by atoms with Crippen molar-refractivity contribution in [2.75, 3.05) is 25.6 Å². The zero-order valence-corrected chi connectivity index (χ0v) is 15.1. The Morgan fingerprint density at radius 1 is 1.42 bits per heavy atom. The summed E-state index contributed by atoms with van der Waals surface area (Å²) in [5.74, 6) is 0.655. The summed E-state index contributed by atoms with van der Waals surface area (Å²) in [6, 6.07) is 4.30. The summed E-state index contributed by atoms with van der Waals surface area (Å²) in [6.45, 7) is 5.85. The standard InChI is InChI=1S/C15H22N2O6S/c1-6-17(14(18)16(4)24(19,20)21)10-7-8-12-11(9-10)15(2,3)13(22-5)23-12/h7-9,13H,6H2,1-5H3,(H,19,20,21). The van der Waals surface area contributed by atoms with Gasteiger partial charge in [0.2, 0.25) is 6.29 Å². The fraction of sp³-hybridized carbons (Fsp3) is 0.533. The second-order valence-corrected chi connectivity index (χ2v) is 7.50. The minimum Gasteiger partial charge on any atom is -0.464 e. The van der Waals surface area contributed by atoms with Crippen LogP contribution in [-0.2, 0) is 20.5 Å². The molecule has 0 saturated heterocycles. The van der Waals surface area contributed by atoms with E-state index in [0.29, 0.717) is 15.7 Å². The zero-order valence-electron chi connectivity index (χ0n) is 14.3. The van der Waals surface area contributed by atoms with Crippen LogP contribution in [-0.4, -0.2) is 50.3 Å². The number of carbonyl (C=O) groups excluding carboxylic acids is 1. The smallest absolute Gasteiger partial charge is 0.363 e. The molecular formula is C15H22N2O6S. The first-order valence-corrected chi connectivity index (χ1v) is 8.80. The van der Waals surface area contributed by atoms with Gasteiger partial charge in [0.25, 0.3) is 0 Å². The van der Waals surface area contributed by atoms with Crippen LogP contribution in [0.4, 0.5) is 10.5 Å². The Kier molecular flexibility index (Phi) is 4.80. The monoisotopic (exact) mass is 358 g/mol. The predicted octanol–water partition coefficient (Wildman–Crippen LogP) is 2.01. The Labute approximate surface area is 141 Å². The van der Waals surface area contributed by atoms with E-state index in [9.17, 15) is 13.2 Å². The summed E-state index contributed by atoms with van der Waals surface area (Å²) < 4.78 is 42.8. The molecule has 8 nitrogen and oxygen atoms in total. The SMILES string of the molecule is CCN(C(=O)N(C)S(=O)(=O)O)c1ccc2c(c1)C(C)(C)C(OC)O2. The highest BCUT2D eigenvalue weighted by Crippen LogP contribution is 2.44. The number of carbonyl (C=O) groups is 1. The molecule has 1 aliphatic heterocycles. The molecule has 0 radical (unpaired) electrons. The molecule has 0 aromatic heterocycles. The molecular weight excluding hydrogens is 336 g/mol. The number of fused-ring (bicyclic) bond motifs is 1. The van der Waals surface area contributed by atoms with Gasteiger partial charge in [-0.25, -0.2) is 9.10 Å². The molecule has 1 heterocycles. The van der Waals surface area contributed by atoms with Crippen LogP contribution >= 0.6 is 0 Å². The van der Waals surface area contributed by atoms with E-state index in [0.717, 1.165) is 12.6 Å². The maximum Gasteiger partial charge on any atom is 0.363 e. The van der Waals surface area contributed by atoms with Crippen molar-refractivity contribution in [1.29, 1.82) is 0 Å². The highest BCUT2D eigenvalue weighted by atomic mass is 32.2. The number of rotatable bonds is 4. The molecule has 0 saturated carbocycles. The van der Waals surface area contributed by atoms with Gasteiger partial charge in [-0.15, -0.1) is 0 Å². The first-order chi connectivity index (χ1) is 11.0. The van der Waals surface area contributed by atoms with E-state index < -0.39 is 28.0 Å². The highest BCUT2D eigenvalue weighted by molar-refractivity contribution is 7.83. The molecule has 134 valence electrons. The van der Waals surface area contributed by atoms with E-state index in [2.05, 4.69) is 0 Å². The van der Waals surface area contributed by atoms with Crippen molar-refractivity contribution in [3.63, 3.8) is 0 Å². The third kappa shape index (κ3) is 3.06. The van der Waals surface area contributed by atoms with Gasteiger partial charge < -0.3 is 9.47 Å². The molecule has 1 aromatic carbocycles. The normalized spacial score (nSPS) is 18.7. The lowest BCUT2D eigenvalue weighted by atomic mass is 9.85. The lowest BCUT2D eigenvalue weighted by molar-refractivity contribution is -0.0779. The molecule has 0 bridgehead atoms. The summed E-state index contributed by atoms with van der Waals surface area (Å²) in [5, 5.41) is 0. The lowest BCUT2D eigenvalue weighted by Crippen LogP contribution is -2.44. The van der Waals surface area contributed by atoms with Crippen LogP contribution in [0.2, 0.25) is 0 Å². The van der Waals surface area contributed by atoms with Crippen molar-refractivity contribution < 1.29 is 27.2 Å². The molecule has 0 fully saturated rings. The van der Waals surface area contributed by atoms with Crippen LogP contribution in [0, 0.1) is 0 Å². The van der Waals surface area contributed by atoms with Gasteiger partial charge in [-0.2, -0.15) is 8.42 Å². The molecule has 9 heteroatoms. The van der Waals surface area contributed by atoms with Crippen LogP contribution < -0.4 is 9.64 Å². The predicted molar refractivity (Wildman–Crippen MR) is 88.6 cm³/mol. The first kappa shape index (κ1) is 18.5. The van der Waals surface area contributed by atoms with E-state index in [1.807, 2.05) is 13.8 Å². The average molecular weight is 358 g/mol. The van der Waals surface area contributed by atoms with Gasteiger partial charge in [0.05, 0.1) is 5.41 Å². The van der Waals surface area contributed by atoms with E-state index >= 15 is 0 Å². The van der Waals surface area contributed by atoms with Gasteiger partial charge in [0, 0.05) is 32.0 Å². The summed E-state index contributed by atoms with van der Waals surface area (Å²) in [5.41, 5.74) is 0.926. The summed E-state index contributed by atoms with van der Waals surface area (Å²) in [6.07, 6.45) is -0.450. The number of methoxy groups -OCH3 is 1. The van der Waals surface area contributed by atoms with E-state index in [4.69, 9.17) is 14.0 Å². The van der Waals surface area contributed by atoms with E-state index in [-0.39, 0.29) is 6.54 Å². The molecule has 1 aromatic rings. The fourth-order valence-corrected chi connectivity index (χ4v) is 3.02. The Bertz CT molecular complexity index is 746. The largest absolute Gasteiger partial charge is 0.464 e. The number of hydrogen-bond donors (Lipinski definition) is 1. The van der Waals surface area contributed by atoms with Crippen molar-refractivity contribution >= 4 is 22.0 Å². The minimum atomic E-state index is -4.61. The van der Waals surface area contributed by atoms with Crippen LogP contribution in [0.5, 0.6) is 5.75 Å². The summed E-state index contributed by atoms with van der Waals surface area (Å²) in [4.78, 5) is 13.6. The molecule has 0 spiro atoms. The molecule has 2 amide bonds. The van der Waals surface area contributed by atoms with Crippen LogP contribution in [0.1, 0.15) is 26.3 Å². The summed E-state index contributed by atoms with van der Waals surface area (Å²) in [7, 11) is -2.06. The topological polar surface area (TPSA) is 96.4 Å². The van der Waals surface area contributed by atoms with Crippen molar-refractivity contribution in [2.45, 2.75) is 32.5 Å².